The van der Waals surface area contributed by atoms with Gasteiger partial charge in [0, 0.05) is 0 Å². The van der Waals surface area contributed by atoms with Crippen LogP contribution in [-0.2, 0) is 41.8 Å². The number of halogens is 2. The molecule has 8 heteroatoms. The summed E-state index contributed by atoms with van der Waals surface area (Å²) in [6.07, 6.45) is 9.76. The summed E-state index contributed by atoms with van der Waals surface area (Å²) in [5.74, 6) is -1.89. The number of hydrogen-bond donors (Lipinski definition) is 2. The third-order valence-corrected chi connectivity index (χ3v) is 67.1. The van der Waals surface area contributed by atoms with Gasteiger partial charge in [0.25, 0.3) is 0 Å². The van der Waals surface area contributed by atoms with Crippen LogP contribution in [-0.4, -0.2) is 12.0 Å². The summed E-state index contributed by atoms with van der Waals surface area (Å²) >= 11 is -5.18. The zero-order valence-electron chi connectivity index (χ0n) is 39.3. The fraction of sp³-hybridized carbons (Fsp3) is 0.133. The topological polar surface area (TPSA) is 24.1 Å². The fourth-order valence-corrected chi connectivity index (χ4v) is 69.0. The van der Waals surface area contributed by atoms with Gasteiger partial charge in [-0.25, -0.2) is 0 Å². The van der Waals surface area contributed by atoms with Crippen molar-refractivity contribution in [3.63, 3.8) is 0 Å². The van der Waals surface area contributed by atoms with Crippen molar-refractivity contribution in [3.05, 3.63) is 264 Å². The molecule has 8 aromatic rings. The minimum atomic E-state index is -2.59. The van der Waals surface area contributed by atoms with E-state index in [1.54, 1.807) is 20.7 Å². The molecule has 0 spiro atoms. The quantitative estimate of drug-likeness (QED) is 0.128. The molecule has 0 aromatic heterocycles. The Labute approximate surface area is 435 Å². The summed E-state index contributed by atoms with van der Waals surface area (Å²) < 4.78 is 9.75. The average Bonchev–Trinajstić information content (AvgIpc) is 4.00. The molecule has 2 aliphatic rings. The van der Waals surface area contributed by atoms with Crippen LogP contribution in [0.25, 0.3) is 12.2 Å². The molecule has 8 aromatic carbocycles. The minimum absolute atomic E-state index is 0. The maximum Gasteiger partial charge on any atom is -1.00 e. The Bertz CT molecular complexity index is 2600. The Morgan fingerprint density at radius 3 is 0.956 bits per heavy atom. The van der Waals surface area contributed by atoms with Crippen LogP contribution in [0, 0.1) is 0 Å². The minimum Gasteiger partial charge on any atom is -1.00 e. The molecule has 0 bridgehead atoms. The van der Waals surface area contributed by atoms with E-state index in [2.05, 4.69) is 277 Å². The number of rotatable bonds is 14. The van der Waals surface area contributed by atoms with Crippen molar-refractivity contribution in [2.45, 2.75) is 46.9 Å². The van der Waals surface area contributed by atoms with Crippen LogP contribution in [0.4, 0.5) is 11.4 Å². The maximum atomic E-state index is 4.33. The first-order chi connectivity index (χ1) is 32.4. The summed E-state index contributed by atoms with van der Waals surface area (Å²) in [4.78, 5) is 0. The normalized spacial score (nSPS) is 14.1. The third kappa shape index (κ3) is 11.9. The van der Waals surface area contributed by atoms with E-state index in [4.69, 9.17) is 0 Å². The van der Waals surface area contributed by atoms with Crippen LogP contribution in [0.3, 0.4) is 0 Å². The smallest absolute Gasteiger partial charge is 1.00 e. The van der Waals surface area contributed by atoms with Gasteiger partial charge in [0.05, 0.1) is 0 Å². The Morgan fingerprint density at radius 2 is 0.632 bits per heavy atom. The molecule has 68 heavy (non-hydrogen) atoms. The van der Waals surface area contributed by atoms with Crippen molar-refractivity contribution in [1.82, 2.24) is 0 Å². The Kier molecular flexibility index (Phi) is 18.9. The first-order valence-electron chi connectivity index (χ1n) is 23.6. The van der Waals surface area contributed by atoms with Gasteiger partial charge in [-0.3, -0.25) is 0 Å². The summed E-state index contributed by atoms with van der Waals surface area (Å²) in [6.45, 7) is 9.22. The Balaban J connectivity index is 0.000000196. The SMILES string of the molecule is CC(C)c1ccccc1[NH][Hf+]([CH]1C=Cc2ccccc21)[SiH](c1ccccc1)c1ccccc1.CC(C)c1ccccc1[NH][Hf+]([CH]1C=Cc2ccccc21)[SiH](c1ccccc1)c1ccccc1.[Cl-].[Cl-]. The van der Waals surface area contributed by atoms with E-state index < -0.39 is 53.8 Å². The molecule has 0 saturated heterocycles. The van der Waals surface area contributed by atoms with Gasteiger partial charge in [0.1, 0.15) is 0 Å². The van der Waals surface area contributed by atoms with Gasteiger partial charge >= 0.3 is 415 Å². The summed E-state index contributed by atoms with van der Waals surface area (Å²) in [7, 11) is 0. The number of hydrogen-bond acceptors (Lipinski definition) is 2. The van der Waals surface area contributed by atoms with E-state index in [1.807, 2.05) is 0 Å². The molecule has 2 atom stereocenters. The van der Waals surface area contributed by atoms with Gasteiger partial charge in [-0.1, -0.05) is 0 Å². The van der Waals surface area contributed by atoms with Crippen LogP contribution < -0.4 is 52.2 Å². The van der Waals surface area contributed by atoms with Gasteiger partial charge in [0.2, 0.25) is 0 Å². The second-order valence-electron chi connectivity index (χ2n) is 18.1. The van der Waals surface area contributed by atoms with Crippen LogP contribution >= 0.6 is 0 Å². The number of allylic oxidation sites excluding steroid dienone is 2. The number of para-hydroxylation sites is 2. The first kappa shape index (κ1) is 51.4. The number of anilines is 2. The van der Waals surface area contributed by atoms with Crippen LogP contribution in [0.1, 0.15) is 80.3 Å². The molecule has 2 nitrogen and oxygen atoms in total. The summed E-state index contributed by atoms with van der Waals surface area (Å²) in [5, 5.41) is 6.27. The van der Waals surface area contributed by atoms with Gasteiger partial charge in [0.15, 0.2) is 0 Å². The van der Waals surface area contributed by atoms with E-state index in [9.17, 15) is 0 Å². The molecule has 2 unspecified atom stereocenters. The molecule has 0 fully saturated rings. The Hall–Kier alpha value is -4.41. The zero-order chi connectivity index (χ0) is 45.2. The molecule has 0 amide bonds. The molecule has 0 aliphatic heterocycles. The molecular weight excluding hydrogens is 1230 g/mol. The monoisotopic (exact) mass is 1290 g/mol. The van der Waals surface area contributed by atoms with E-state index in [0.29, 0.717) is 19.2 Å². The first-order valence-corrected chi connectivity index (χ1v) is 47.3. The second-order valence-corrected chi connectivity index (χ2v) is 57.9. The third-order valence-electron chi connectivity index (χ3n) is 13.1. The molecule has 2 aliphatic carbocycles. The van der Waals surface area contributed by atoms with Crippen molar-refractivity contribution in [2.75, 3.05) is 6.61 Å². The molecule has 340 valence electrons. The van der Waals surface area contributed by atoms with Crippen LogP contribution in [0.2, 0.25) is 0 Å². The Morgan fingerprint density at radius 1 is 0.353 bits per heavy atom. The van der Waals surface area contributed by atoms with Gasteiger partial charge in [-0.15, -0.1) is 0 Å². The number of fused-ring (bicyclic) bond motifs is 2. The molecule has 0 heterocycles. The van der Waals surface area contributed by atoms with Crippen molar-refractivity contribution < 1.29 is 66.6 Å². The van der Waals surface area contributed by atoms with Crippen molar-refractivity contribution in [1.29, 1.82) is 0 Å². The van der Waals surface area contributed by atoms with Gasteiger partial charge in [-0.05, 0) is 0 Å². The number of nitrogens with one attached hydrogen (secondary N) is 2. The predicted octanol–water partition coefficient (Wildman–Crippen LogP) is 6.13. The van der Waals surface area contributed by atoms with E-state index in [1.165, 1.54) is 44.8 Å². The van der Waals surface area contributed by atoms with Crippen LogP contribution in [0.5, 0.6) is 0 Å². The van der Waals surface area contributed by atoms with E-state index in [0.717, 1.165) is 0 Å². The standard InChI is InChI=1S/2C12H11Si.2C9H12N.2C9H7.2ClH.2Hf/c2*1-3-7-11(8-4-1)13-12-9-5-2-6-10-12;2*1-7(2)8-5-3-4-6-9(8)10;2*1-2-5-9-7-3-6-8(9)4-1;;;;/h2*1-10,13H;2*3-7,10H,1-2H3;2*1-7H;2*1H;;/q;;2*-1;;;;;2*+2/p-2. The predicted molar refractivity (Wildman–Crippen MR) is 283 cm³/mol. The molecule has 2 N–H and O–H groups in total. The fourth-order valence-electron chi connectivity index (χ4n) is 9.92. The second kappa shape index (κ2) is 24.9. The summed E-state index contributed by atoms with van der Waals surface area (Å²) in [5.41, 5.74) is 11.4. The maximum absolute atomic E-state index is 4.33. The summed E-state index contributed by atoms with van der Waals surface area (Å²) in [6, 6.07) is 81.5. The molecule has 10 rings (SSSR count). The van der Waals surface area contributed by atoms with Gasteiger partial charge in [-0.2, -0.15) is 0 Å². The molecule has 0 saturated carbocycles. The van der Waals surface area contributed by atoms with Crippen molar-refractivity contribution in [3.8, 4) is 0 Å². The van der Waals surface area contributed by atoms with Crippen LogP contribution in [0.15, 0.2) is 231 Å². The van der Waals surface area contributed by atoms with E-state index >= 15 is 0 Å². The van der Waals surface area contributed by atoms with Crippen molar-refractivity contribution in [2.24, 2.45) is 0 Å². The molecular formula is C60H60Cl2Hf2N2Si2. The molecule has 0 radical (unpaired) electrons. The zero-order valence-corrected chi connectivity index (χ0v) is 50.3. The average molecular weight is 1290 g/mol. The van der Waals surface area contributed by atoms with Crippen molar-refractivity contribution >= 4 is 56.2 Å². The largest absolute Gasteiger partial charge is 1.00 e. The number of benzene rings is 8. The van der Waals surface area contributed by atoms with Gasteiger partial charge < -0.3 is 24.8 Å². The van der Waals surface area contributed by atoms with E-state index in [-0.39, 0.29) is 24.8 Å².